The highest BCUT2D eigenvalue weighted by Gasteiger charge is 2.67. The first-order chi connectivity index (χ1) is 9.21. The molecule has 1 saturated carbocycles. The van der Waals surface area contributed by atoms with Crippen LogP contribution in [0.4, 0.5) is 0 Å². The first-order valence-electron chi connectivity index (χ1n) is 6.81. The Labute approximate surface area is 118 Å². The molecule has 0 radical (unpaired) electrons. The summed E-state index contributed by atoms with van der Waals surface area (Å²) in [6.07, 6.45) is 0. The van der Waals surface area contributed by atoms with Gasteiger partial charge in [0, 0.05) is 13.1 Å². The predicted octanol–water partition coefficient (Wildman–Crippen LogP) is 0.611. The van der Waals surface area contributed by atoms with Crippen molar-refractivity contribution in [1.29, 1.82) is 0 Å². The second kappa shape index (κ2) is 4.75. The van der Waals surface area contributed by atoms with Crippen LogP contribution in [0, 0.1) is 29.1 Å². The Bertz CT molecular complexity index is 458. The highest BCUT2D eigenvalue weighted by molar-refractivity contribution is 5.92. The number of hydrogen-bond donors (Lipinski definition) is 1. The second-order valence-corrected chi connectivity index (χ2v) is 6.47. The molecule has 4 atom stereocenters. The second-order valence-electron chi connectivity index (χ2n) is 6.47. The smallest absolute Gasteiger partial charge is 0.310 e. The third-order valence-corrected chi connectivity index (χ3v) is 4.79. The van der Waals surface area contributed by atoms with E-state index in [9.17, 15) is 14.4 Å². The van der Waals surface area contributed by atoms with Crippen LogP contribution in [-0.4, -0.2) is 48.1 Å². The van der Waals surface area contributed by atoms with E-state index in [0.717, 1.165) is 0 Å². The van der Waals surface area contributed by atoms with Gasteiger partial charge in [-0.15, -0.1) is 0 Å². The SMILES string of the molecule is COC(=O)C1CN(C(=O)[C@H]2[C@@H](C(=O)O)C2(C)C)CC1C. The van der Waals surface area contributed by atoms with Crippen molar-refractivity contribution in [2.75, 3.05) is 20.2 Å². The molecule has 2 fully saturated rings. The van der Waals surface area contributed by atoms with E-state index in [1.54, 1.807) is 18.7 Å². The molecular formula is C14H21NO5. The Hall–Kier alpha value is -1.59. The van der Waals surface area contributed by atoms with Gasteiger partial charge < -0.3 is 14.7 Å². The van der Waals surface area contributed by atoms with Crippen LogP contribution in [0.1, 0.15) is 20.8 Å². The molecule has 0 bridgehead atoms. The predicted molar refractivity (Wildman–Crippen MR) is 69.6 cm³/mol. The number of carbonyl (C=O) groups is 3. The van der Waals surface area contributed by atoms with Crippen LogP contribution in [0.15, 0.2) is 0 Å². The lowest BCUT2D eigenvalue weighted by molar-refractivity contribution is -0.146. The number of nitrogens with zero attached hydrogens (tertiary/aromatic N) is 1. The molecule has 0 aromatic heterocycles. The number of ether oxygens (including phenoxy) is 1. The number of likely N-dealkylation sites (tertiary alicyclic amines) is 1. The molecule has 2 unspecified atom stereocenters. The fourth-order valence-electron chi connectivity index (χ4n) is 3.36. The first-order valence-corrected chi connectivity index (χ1v) is 6.81. The summed E-state index contributed by atoms with van der Waals surface area (Å²) in [7, 11) is 1.34. The lowest BCUT2D eigenvalue weighted by Gasteiger charge is -2.16. The molecule has 1 aliphatic heterocycles. The van der Waals surface area contributed by atoms with Gasteiger partial charge >= 0.3 is 11.9 Å². The zero-order chi connectivity index (χ0) is 15.2. The maximum Gasteiger partial charge on any atom is 0.310 e. The van der Waals surface area contributed by atoms with Gasteiger partial charge in [0.1, 0.15) is 0 Å². The minimum atomic E-state index is -0.926. The van der Waals surface area contributed by atoms with Crippen LogP contribution in [-0.2, 0) is 19.1 Å². The molecule has 0 aromatic rings. The van der Waals surface area contributed by atoms with Gasteiger partial charge in [0.25, 0.3) is 0 Å². The van der Waals surface area contributed by atoms with Gasteiger partial charge in [0.15, 0.2) is 0 Å². The van der Waals surface area contributed by atoms with E-state index < -0.39 is 23.2 Å². The van der Waals surface area contributed by atoms with Crippen molar-refractivity contribution < 1.29 is 24.2 Å². The van der Waals surface area contributed by atoms with Crippen molar-refractivity contribution in [1.82, 2.24) is 4.90 Å². The normalized spacial score (nSPS) is 34.7. The number of aliphatic carboxylic acids is 1. The highest BCUT2D eigenvalue weighted by Crippen LogP contribution is 2.59. The lowest BCUT2D eigenvalue weighted by Crippen LogP contribution is -2.33. The zero-order valence-electron chi connectivity index (χ0n) is 12.3. The molecule has 6 heteroatoms. The number of hydrogen-bond acceptors (Lipinski definition) is 4. The van der Waals surface area contributed by atoms with Crippen LogP contribution in [0.2, 0.25) is 0 Å². The summed E-state index contributed by atoms with van der Waals surface area (Å²) in [5.74, 6) is -2.76. The number of methoxy groups -OCH3 is 1. The Morgan fingerprint density at radius 3 is 2.25 bits per heavy atom. The number of carboxylic acid groups (broad SMARTS) is 1. The van der Waals surface area contributed by atoms with Gasteiger partial charge in [-0.1, -0.05) is 20.8 Å². The monoisotopic (exact) mass is 283 g/mol. The van der Waals surface area contributed by atoms with Gasteiger partial charge in [-0.05, 0) is 11.3 Å². The third kappa shape index (κ3) is 2.17. The van der Waals surface area contributed by atoms with E-state index in [1.807, 2.05) is 6.92 Å². The minimum absolute atomic E-state index is 0.0385. The highest BCUT2D eigenvalue weighted by atomic mass is 16.5. The zero-order valence-corrected chi connectivity index (χ0v) is 12.3. The van der Waals surface area contributed by atoms with Crippen molar-refractivity contribution >= 4 is 17.8 Å². The Morgan fingerprint density at radius 1 is 1.20 bits per heavy atom. The number of carbonyl (C=O) groups excluding carboxylic acids is 2. The van der Waals surface area contributed by atoms with Crippen molar-refractivity contribution in [2.24, 2.45) is 29.1 Å². The summed E-state index contributed by atoms with van der Waals surface area (Å²) in [6.45, 7) is 6.31. The van der Waals surface area contributed by atoms with Gasteiger partial charge in [0.2, 0.25) is 5.91 Å². The standard InChI is InChI=1S/C14H21NO5/c1-7-5-15(6-8(7)13(19)20-4)11(16)9-10(12(17)18)14(9,2)3/h7-10H,5-6H2,1-4H3,(H,17,18)/t7?,8?,9-,10+/m1/s1. The average Bonchev–Trinajstić information content (AvgIpc) is 2.74. The molecule has 0 spiro atoms. The van der Waals surface area contributed by atoms with E-state index in [-0.39, 0.29) is 23.7 Å². The van der Waals surface area contributed by atoms with E-state index in [2.05, 4.69) is 0 Å². The Kier molecular flexibility index (Phi) is 3.52. The molecule has 1 amide bonds. The van der Waals surface area contributed by atoms with E-state index in [0.29, 0.717) is 13.1 Å². The largest absolute Gasteiger partial charge is 0.481 e. The van der Waals surface area contributed by atoms with Crippen molar-refractivity contribution in [3.05, 3.63) is 0 Å². The first kappa shape index (κ1) is 14.8. The van der Waals surface area contributed by atoms with Gasteiger partial charge in [-0.3, -0.25) is 14.4 Å². The fraction of sp³-hybridized carbons (Fsp3) is 0.786. The maximum atomic E-state index is 12.5. The molecule has 1 saturated heterocycles. The Balaban J connectivity index is 2.06. The van der Waals surface area contributed by atoms with Crippen LogP contribution in [0.5, 0.6) is 0 Å². The summed E-state index contributed by atoms with van der Waals surface area (Å²) in [4.78, 5) is 36.8. The molecule has 1 aliphatic carbocycles. The number of carboxylic acids is 1. The van der Waals surface area contributed by atoms with E-state index in [4.69, 9.17) is 9.84 Å². The van der Waals surface area contributed by atoms with Crippen LogP contribution in [0.25, 0.3) is 0 Å². The van der Waals surface area contributed by atoms with Crippen LogP contribution >= 0.6 is 0 Å². The summed E-state index contributed by atoms with van der Waals surface area (Å²) in [5.41, 5.74) is -0.504. The van der Waals surface area contributed by atoms with Crippen LogP contribution < -0.4 is 0 Å². The number of esters is 1. The molecule has 0 aromatic carbocycles. The number of amides is 1. The summed E-state index contributed by atoms with van der Waals surface area (Å²) in [5, 5.41) is 9.14. The van der Waals surface area contributed by atoms with Gasteiger partial charge in [0.05, 0.1) is 24.9 Å². The van der Waals surface area contributed by atoms with Crippen molar-refractivity contribution in [2.45, 2.75) is 20.8 Å². The van der Waals surface area contributed by atoms with Gasteiger partial charge in [-0.25, -0.2) is 0 Å². The lowest BCUT2D eigenvalue weighted by atomic mass is 9.99. The quantitative estimate of drug-likeness (QED) is 0.767. The molecule has 6 nitrogen and oxygen atoms in total. The summed E-state index contributed by atoms with van der Waals surface area (Å²) < 4.78 is 4.74. The summed E-state index contributed by atoms with van der Waals surface area (Å²) in [6, 6.07) is 0. The molecular weight excluding hydrogens is 262 g/mol. The fourth-order valence-corrected chi connectivity index (χ4v) is 3.36. The molecule has 112 valence electrons. The Morgan fingerprint density at radius 2 is 1.80 bits per heavy atom. The topological polar surface area (TPSA) is 83.9 Å². The molecule has 1 heterocycles. The minimum Gasteiger partial charge on any atom is -0.481 e. The number of rotatable bonds is 3. The molecule has 20 heavy (non-hydrogen) atoms. The van der Waals surface area contributed by atoms with E-state index in [1.165, 1.54) is 7.11 Å². The summed E-state index contributed by atoms with van der Waals surface area (Å²) >= 11 is 0. The molecule has 2 aliphatic rings. The van der Waals surface area contributed by atoms with Gasteiger partial charge in [-0.2, -0.15) is 0 Å². The average molecular weight is 283 g/mol. The van der Waals surface area contributed by atoms with Crippen molar-refractivity contribution in [3.63, 3.8) is 0 Å². The van der Waals surface area contributed by atoms with E-state index >= 15 is 0 Å². The maximum absolute atomic E-state index is 12.5. The van der Waals surface area contributed by atoms with Crippen molar-refractivity contribution in [3.8, 4) is 0 Å². The molecule has 2 rings (SSSR count). The molecule has 1 N–H and O–H groups in total. The third-order valence-electron chi connectivity index (χ3n) is 4.79. The van der Waals surface area contributed by atoms with Crippen LogP contribution in [0.3, 0.4) is 0 Å².